The molecule has 0 saturated carbocycles. The second-order valence-corrected chi connectivity index (χ2v) is 3.93. The third-order valence-corrected chi connectivity index (χ3v) is 2.85. The van der Waals surface area contributed by atoms with Gasteiger partial charge >= 0.3 is 0 Å². The zero-order valence-electron chi connectivity index (χ0n) is 9.77. The number of rotatable bonds is 3. The van der Waals surface area contributed by atoms with E-state index in [1.54, 1.807) is 0 Å². The van der Waals surface area contributed by atoms with Crippen molar-refractivity contribution < 1.29 is 4.74 Å². The molecule has 2 aromatic rings. The summed E-state index contributed by atoms with van der Waals surface area (Å²) < 4.78 is 5.58. The van der Waals surface area contributed by atoms with Gasteiger partial charge in [-0.15, -0.1) is 0 Å². The molecule has 0 aliphatic heterocycles. The average molecular weight is 249 g/mol. The van der Waals surface area contributed by atoms with E-state index in [9.17, 15) is 0 Å². The number of ether oxygens (including phenoxy) is 1. The lowest BCUT2D eigenvalue weighted by Crippen LogP contribution is -1.97. The van der Waals surface area contributed by atoms with E-state index in [1.807, 2.05) is 38.1 Å². The summed E-state index contributed by atoms with van der Waals surface area (Å²) in [5.41, 5.74) is 2.62. The zero-order valence-corrected chi connectivity index (χ0v) is 10.5. The van der Waals surface area contributed by atoms with Crippen molar-refractivity contribution in [1.82, 2.24) is 9.97 Å². The summed E-state index contributed by atoms with van der Waals surface area (Å²) in [6, 6.07) is 7.78. The van der Waals surface area contributed by atoms with E-state index in [-0.39, 0.29) is 0 Å². The maximum atomic E-state index is 6.00. The molecule has 0 aliphatic rings. The van der Waals surface area contributed by atoms with Crippen LogP contribution in [0.4, 0.5) is 0 Å². The van der Waals surface area contributed by atoms with Gasteiger partial charge in [0.15, 0.2) is 0 Å². The molecule has 0 amide bonds. The molecule has 0 unspecified atom stereocenters. The first-order valence-corrected chi connectivity index (χ1v) is 5.81. The SMILES string of the molecule is CCOc1ccccc1-c1ncnc(Cl)c1C. The molecule has 0 spiro atoms. The van der Waals surface area contributed by atoms with Gasteiger partial charge in [0.05, 0.1) is 12.3 Å². The molecule has 4 heteroatoms. The maximum absolute atomic E-state index is 6.00. The summed E-state index contributed by atoms with van der Waals surface area (Å²) in [6.07, 6.45) is 1.47. The summed E-state index contributed by atoms with van der Waals surface area (Å²) in [4.78, 5) is 8.23. The molecule has 0 bridgehead atoms. The van der Waals surface area contributed by atoms with Crippen LogP contribution in [-0.2, 0) is 0 Å². The summed E-state index contributed by atoms with van der Waals surface area (Å²) in [5, 5.41) is 0.473. The topological polar surface area (TPSA) is 35.0 Å². The second-order valence-electron chi connectivity index (χ2n) is 3.57. The molecule has 1 aromatic heterocycles. The fourth-order valence-electron chi connectivity index (χ4n) is 1.64. The van der Waals surface area contributed by atoms with Gasteiger partial charge in [-0.1, -0.05) is 23.7 Å². The Morgan fingerprint density at radius 2 is 2.00 bits per heavy atom. The largest absolute Gasteiger partial charge is 0.493 e. The molecule has 17 heavy (non-hydrogen) atoms. The highest BCUT2D eigenvalue weighted by molar-refractivity contribution is 6.30. The zero-order chi connectivity index (χ0) is 12.3. The van der Waals surface area contributed by atoms with Crippen LogP contribution in [0.3, 0.4) is 0 Å². The van der Waals surface area contributed by atoms with Crippen molar-refractivity contribution >= 4 is 11.6 Å². The van der Waals surface area contributed by atoms with E-state index in [0.717, 1.165) is 22.6 Å². The molecule has 1 aromatic carbocycles. The van der Waals surface area contributed by atoms with Crippen LogP contribution < -0.4 is 4.74 Å². The molecule has 2 rings (SSSR count). The van der Waals surface area contributed by atoms with Crippen LogP contribution in [0.2, 0.25) is 5.15 Å². The van der Waals surface area contributed by atoms with E-state index in [4.69, 9.17) is 16.3 Å². The fourth-order valence-corrected chi connectivity index (χ4v) is 1.78. The minimum atomic E-state index is 0.473. The predicted octanol–water partition coefficient (Wildman–Crippen LogP) is 3.50. The van der Waals surface area contributed by atoms with Crippen LogP contribution in [0.15, 0.2) is 30.6 Å². The van der Waals surface area contributed by atoms with Crippen LogP contribution in [-0.4, -0.2) is 16.6 Å². The molecule has 0 fully saturated rings. The molecule has 0 radical (unpaired) electrons. The van der Waals surface area contributed by atoms with Gasteiger partial charge in [-0.25, -0.2) is 9.97 Å². The van der Waals surface area contributed by atoms with Gasteiger partial charge in [-0.05, 0) is 26.0 Å². The molecule has 0 atom stereocenters. The number of nitrogens with zero attached hydrogens (tertiary/aromatic N) is 2. The van der Waals surface area contributed by atoms with E-state index in [0.29, 0.717) is 11.8 Å². The summed E-state index contributed by atoms with van der Waals surface area (Å²) >= 11 is 6.00. The molecular formula is C13H13ClN2O. The predicted molar refractivity (Wildman–Crippen MR) is 68.4 cm³/mol. The van der Waals surface area contributed by atoms with Gasteiger partial charge in [0, 0.05) is 11.1 Å². The van der Waals surface area contributed by atoms with E-state index in [1.165, 1.54) is 6.33 Å². The van der Waals surface area contributed by atoms with Crippen LogP contribution in [0, 0.1) is 6.92 Å². The second kappa shape index (κ2) is 5.15. The highest BCUT2D eigenvalue weighted by Gasteiger charge is 2.11. The summed E-state index contributed by atoms with van der Waals surface area (Å²) in [7, 11) is 0. The third kappa shape index (κ3) is 2.39. The summed E-state index contributed by atoms with van der Waals surface area (Å²) in [5.74, 6) is 0.813. The molecule has 88 valence electrons. The Hall–Kier alpha value is -1.61. The Bertz CT molecular complexity index is 529. The Morgan fingerprint density at radius 1 is 1.24 bits per heavy atom. The molecule has 0 saturated heterocycles. The molecule has 0 N–H and O–H groups in total. The standard InChI is InChI=1S/C13H13ClN2O/c1-3-17-11-7-5-4-6-10(11)12-9(2)13(14)16-8-15-12/h4-8H,3H2,1-2H3. The van der Waals surface area contributed by atoms with Crippen LogP contribution in [0.5, 0.6) is 5.75 Å². The Balaban J connectivity index is 2.56. The molecule has 0 aliphatic carbocycles. The quantitative estimate of drug-likeness (QED) is 0.780. The van der Waals surface area contributed by atoms with Crippen LogP contribution in [0.25, 0.3) is 11.3 Å². The van der Waals surface area contributed by atoms with Crippen molar-refractivity contribution in [3.63, 3.8) is 0 Å². The highest BCUT2D eigenvalue weighted by Crippen LogP contribution is 2.31. The number of hydrogen-bond acceptors (Lipinski definition) is 3. The van der Waals surface area contributed by atoms with Crippen molar-refractivity contribution in [2.24, 2.45) is 0 Å². The lowest BCUT2D eigenvalue weighted by atomic mass is 10.1. The number of benzene rings is 1. The van der Waals surface area contributed by atoms with Crippen molar-refractivity contribution in [2.45, 2.75) is 13.8 Å². The monoisotopic (exact) mass is 248 g/mol. The smallest absolute Gasteiger partial charge is 0.135 e. The first kappa shape index (κ1) is 11.9. The lowest BCUT2D eigenvalue weighted by Gasteiger charge is -2.11. The Morgan fingerprint density at radius 3 is 2.76 bits per heavy atom. The third-order valence-electron chi connectivity index (χ3n) is 2.46. The van der Waals surface area contributed by atoms with Gasteiger partial charge in [0.1, 0.15) is 17.2 Å². The first-order chi connectivity index (χ1) is 8.24. The molecule has 3 nitrogen and oxygen atoms in total. The van der Waals surface area contributed by atoms with Gasteiger partial charge in [-0.3, -0.25) is 0 Å². The summed E-state index contributed by atoms with van der Waals surface area (Å²) in [6.45, 7) is 4.48. The van der Waals surface area contributed by atoms with Gasteiger partial charge in [0.25, 0.3) is 0 Å². The van der Waals surface area contributed by atoms with Crippen molar-refractivity contribution in [1.29, 1.82) is 0 Å². The maximum Gasteiger partial charge on any atom is 0.135 e. The molecule has 1 heterocycles. The van der Waals surface area contributed by atoms with Gasteiger partial charge < -0.3 is 4.74 Å². The van der Waals surface area contributed by atoms with Crippen LogP contribution >= 0.6 is 11.6 Å². The fraction of sp³-hybridized carbons (Fsp3) is 0.231. The number of aromatic nitrogens is 2. The van der Waals surface area contributed by atoms with Gasteiger partial charge in [-0.2, -0.15) is 0 Å². The van der Waals surface area contributed by atoms with E-state index >= 15 is 0 Å². The van der Waals surface area contributed by atoms with Crippen molar-refractivity contribution in [2.75, 3.05) is 6.61 Å². The normalized spacial score (nSPS) is 10.3. The highest BCUT2D eigenvalue weighted by atomic mass is 35.5. The minimum absolute atomic E-state index is 0.473. The van der Waals surface area contributed by atoms with Crippen molar-refractivity contribution in [3.8, 4) is 17.0 Å². The van der Waals surface area contributed by atoms with Gasteiger partial charge in [0.2, 0.25) is 0 Å². The van der Waals surface area contributed by atoms with Crippen molar-refractivity contribution in [3.05, 3.63) is 41.3 Å². The van der Waals surface area contributed by atoms with Crippen LogP contribution in [0.1, 0.15) is 12.5 Å². The number of halogens is 1. The van der Waals surface area contributed by atoms with E-state index in [2.05, 4.69) is 9.97 Å². The lowest BCUT2D eigenvalue weighted by molar-refractivity contribution is 0.341. The number of hydrogen-bond donors (Lipinski definition) is 0. The average Bonchev–Trinajstić information content (AvgIpc) is 2.34. The minimum Gasteiger partial charge on any atom is -0.493 e. The first-order valence-electron chi connectivity index (χ1n) is 5.43. The Labute approximate surface area is 105 Å². The Kier molecular flexibility index (Phi) is 3.59. The van der Waals surface area contributed by atoms with E-state index < -0.39 is 0 Å². The number of para-hydroxylation sites is 1. The molecular weight excluding hydrogens is 236 g/mol.